The molecule has 1 aromatic carbocycles. The summed E-state index contributed by atoms with van der Waals surface area (Å²) in [6, 6.07) is 5.95. The first-order valence-electron chi connectivity index (χ1n) is 5.77. The molecule has 3 nitrogen and oxygen atoms in total. The molecule has 4 heteroatoms. The minimum absolute atomic E-state index is 0.0793. The van der Waals surface area contributed by atoms with Crippen molar-refractivity contribution in [3.05, 3.63) is 27.3 Å². The fourth-order valence-corrected chi connectivity index (χ4v) is 2.54. The number of carbonyl (C=O) groups excluding carboxylic acids is 1. The van der Waals surface area contributed by atoms with Crippen LogP contribution in [0.3, 0.4) is 0 Å². The Balaban J connectivity index is 2.12. The van der Waals surface area contributed by atoms with Crippen LogP contribution in [-0.4, -0.2) is 11.4 Å². The Bertz CT molecular complexity index is 453. The number of nitrogens with one attached hydrogen (secondary N) is 1. The van der Waals surface area contributed by atoms with Crippen molar-refractivity contribution in [1.29, 1.82) is 0 Å². The number of hydrogen-bond donors (Lipinski definition) is 2. The first kappa shape index (κ1) is 12.8. The highest BCUT2D eigenvalue weighted by atomic mass is 127. The van der Waals surface area contributed by atoms with Gasteiger partial charge in [0.15, 0.2) is 0 Å². The predicted molar refractivity (Wildman–Crippen MR) is 77.8 cm³/mol. The van der Waals surface area contributed by atoms with Crippen molar-refractivity contribution in [2.24, 2.45) is 11.7 Å². The van der Waals surface area contributed by atoms with E-state index < -0.39 is 5.54 Å². The molecule has 1 aliphatic rings. The summed E-state index contributed by atoms with van der Waals surface area (Å²) in [5.41, 5.74) is 7.26. The molecule has 92 valence electrons. The zero-order valence-corrected chi connectivity index (χ0v) is 12.2. The average Bonchev–Trinajstić information content (AvgIpc) is 3.05. The maximum Gasteiger partial charge on any atom is 0.244 e. The quantitative estimate of drug-likeness (QED) is 0.829. The fourth-order valence-electron chi connectivity index (χ4n) is 1.89. The van der Waals surface area contributed by atoms with Gasteiger partial charge in [0.1, 0.15) is 0 Å². The molecule has 0 aromatic heterocycles. The van der Waals surface area contributed by atoms with Gasteiger partial charge in [0.2, 0.25) is 5.91 Å². The summed E-state index contributed by atoms with van der Waals surface area (Å²) < 4.78 is 1.16. The number of amides is 1. The minimum atomic E-state index is -0.741. The second-order valence-corrected chi connectivity index (χ2v) is 6.22. The van der Waals surface area contributed by atoms with Gasteiger partial charge in [0.25, 0.3) is 0 Å². The minimum Gasteiger partial charge on any atom is -0.324 e. The van der Waals surface area contributed by atoms with E-state index in [1.54, 1.807) is 0 Å². The molecule has 0 bridgehead atoms. The van der Waals surface area contributed by atoms with Crippen molar-refractivity contribution < 1.29 is 4.79 Å². The Morgan fingerprint density at radius 3 is 2.71 bits per heavy atom. The smallest absolute Gasteiger partial charge is 0.244 e. The van der Waals surface area contributed by atoms with Gasteiger partial charge in [0.05, 0.1) is 5.54 Å². The summed E-state index contributed by atoms with van der Waals surface area (Å²) in [7, 11) is 0. The van der Waals surface area contributed by atoms with Gasteiger partial charge in [0, 0.05) is 9.26 Å². The molecule has 1 saturated carbocycles. The Morgan fingerprint density at radius 1 is 1.53 bits per heavy atom. The van der Waals surface area contributed by atoms with E-state index in [9.17, 15) is 4.79 Å². The number of nitrogens with two attached hydrogens (primary N) is 1. The third kappa shape index (κ3) is 2.80. The van der Waals surface area contributed by atoms with Gasteiger partial charge in [-0.1, -0.05) is 0 Å². The maximum atomic E-state index is 12.1. The molecule has 3 N–H and O–H groups in total. The molecule has 1 amide bonds. The summed E-state index contributed by atoms with van der Waals surface area (Å²) in [6.45, 7) is 3.81. The second kappa shape index (κ2) is 4.57. The lowest BCUT2D eigenvalue weighted by Crippen LogP contribution is -2.50. The summed E-state index contributed by atoms with van der Waals surface area (Å²) in [4.78, 5) is 12.1. The molecule has 0 spiro atoms. The summed E-state index contributed by atoms with van der Waals surface area (Å²) in [6.07, 6.45) is 2.12. The zero-order chi connectivity index (χ0) is 12.6. The molecule has 2 rings (SSSR count). The summed E-state index contributed by atoms with van der Waals surface area (Å²) in [5.74, 6) is 0.260. The molecule has 0 heterocycles. The number of rotatable bonds is 3. The van der Waals surface area contributed by atoms with Crippen molar-refractivity contribution >= 4 is 34.2 Å². The van der Waals surface area contributed by atoms with Gasteiger partial charge in [-0.15, -0.1) is 0 Å². The first-order valence-corrected chi connectivity index (χ1v) is 6.85. The lowest BCUT2D eigenvalue weighted by Gasteiger charge is -2.23. The molecule has 1 aliphatic carbocycles. The molecule has 0 aliphatic heterocycles. The molecule has 1 aromatic rings. The highest BCUT2D eigenvalue weighted by Crippen LogP contribution is 2.38. The van der Waals surface area contributed by atoms with Crippen LogP contribution in [0.4, 0.5) is 5.69 Å². The Morgan fingerprint density at radius 2 is 2.18 bits per heavy atom. The van der Waals surface area contributed by atoms with Gasteiger partial charge >= 0.3 is 0 Å². The number of benzene rings is 1. The van der Waals surface area contributed by atoms with Crippen molar-refractivity contribution in [2.45, 2.75) is 32.2 Å². The summed E-state index contributed by atoms with van der Waals surface area (Å²) in [5, 5.41) is 2.93. The van der Waals surface area contributed by atoms with Crippen LogP contribution in [0.1, 0.15) is 25.3 Å². The van der Waals surface area contributed by atoms with E-state index in [2.05, 4.69) is 27.9 Å². The monoisotopic (exact) mass is 344 g/mol. The van der Waals surface area contributed by atoms with Crippen LogP contribution >= 0.6 is 22.6 Å². The van der Waals surface area contributed by atoms with Crippen molar-refractivity contribution in [3.8, 4) is 0 Å². The van der Waals surface area contributed by atoms with Crippen LogP contribution in [0.5, 0.6) is 0 Å². The molecule has 1 fully saturated rings. The van der Waals surface area contributed by atoms with Gasteiger partial charge in [-0.25, -0.2) is 0 Å². The van der Waals surface area contributed by atoms with E-state index in [0.717, 1.165) is 27.7 Å². The van der Waals surface area contributed by atoms with Crippen molar-refractivity contribution in [1.82, 2.24) is 0 Å². The van der Waals surface area contributed by atoms with Gasteiger partial charge in [-0.05, 0) is 79.0 Å². The number of hydrogen-bond acceptors (Lipinski definition) is 2. The molecule has 1 unspecified atom stereocenters. The number of carbonyl (C=O) groups is 1. The molecule has 17 heavy (non-hydrogen) atoms. The molecule has 0 radical (unpaired) electrons. The van der Waals surface area contributed by atoms with Crippen LogP contribution in [0, 0.1) is 16.4 Å². The Labute approximate surface area is 115 Å². The van der Waals surface area contributed by atoms with E-state index in [0.29, 0.717) is 5.92 Å². The summed E-state index contributed by atoms with van der Waals surface area (Å²) >= 11 is 2.26. The van der Waals surface area contributed by atoms with Gasteiger partial charge in [-0.3, -0.25) is 4.79 Å². The van der Waals surface area contributed by atoms with Crippen LogP contribution in [0.15, 0.2) is 18.2 Å². The van der Waals surface area contributed by atoms with Crippen LogP contribution in [0.2, 0.25) is 0 Å². The molecule has 0 saturated heterocycles. The lowest BCUT2D eigenvalue weighted by molar-refractivity contribution is -0.121. The van der Waals surface area contributed by atoms with Crippen LogP contribution in [-0.2, 0) is 4.79 Å². The Kier molecular flexibility index (Phi) is 3.45. The first-order chi connectivity index (χ1) is 7.91. The second-order valence-electron chi connectivity index (χ2n) is 4.97. The van der Waals surface area contributed by atoms with E-state index in [-0.39, 0.29) is 5.91 Å². The van der Waals surface area contributed by atoms with E-state index >= 15 is 0 Å². The van der Waals surface area contributed by atoms with Crippen molar-refractivity contribution in [3.63, 3.8) is 0 Å². The Hall–Kier alpha value is -0.620. The standard InChI is InChI=1S/C13H17IN2O/c1-8-7-10(14)5-6-11(8)16-12(17)13(2,15)9-3-4-9/h5-7,9H,3-4,15H2,1-2H3,(H,16,17). The van der Waals surface area contributed by atoms with E-state index in [1.807, 2.05) is 32.0 Å². The van der Waals surface area contributed by atoms with Gasteiger partial charge in [-0.2, -0.15) is 0 Å². The van der Waals surface area contributed by atoms with Crippen molar-refractivity contribution in [2.75, 3.05) is 5.32 Å². The highest BCUT2D eigenvalue weighted by molar-refractivity contribution is 14.1. The number of halogens is 1. The third-order valence-electron chi connectivity index (χ3n) is 3.35. The SMILES string of the molecule is Cc1cc(I)ccc1NC(=O)C(C)(N)C1CC1. The molecule has 1 atom stereocenters. The maximum absolute atomic E-state index is 12.1. The highest BCUT2D eigenvalue weighted by Gasteiger charge is 2.44. The average molecular weight is 344 g/mol. The number of aryl methyl sites for hydroxylation is 1. The normalized spacial score (nSPS) is 18.6. The van der Waals surface area contributed by atoms with Gasteiger partial charge < -0.3 is 11.1 Å². The topological polar surface area (TPSA) is 55.1 Å². The third-order valence-corrected chi connectivity index (χ3v) is 4.02. The largest absolute Gasteiger partial charge is 0.324 e. The fraction of sp³-hybridized carbons (Fsp3) is 0.462. The predicted octanol–water partition coefficient (Wildman–Crippen LogP) is 2.67. The van der Waals surface area contributed by atoms with E-state index in [1.165, 1.54) is 0 Å². The molecular weight excluding hydrogens is 327 g/mol. The number of anilines is 1. The zero-order valence-electron chi connectivity index (χ0n) is 10.1. The lowest BCUT2D eigenvalue weighted by atomic mass is 9.96. The van der Waals surface area contributed by atoms with Crippen LogP contribution in [0.25, 0.3) is 0 Å². The van der Waals surface area contributed by atoms with E-state index in [4.69, 9.17) is 5.73 Å². The van der Waals surface area contributed by atoms with Crippen LogP contribution < -0.4 is 11.1 Å². The molecular formula is C13H17IN2O.